The fourth-order valence-corrected chi connectivity index (χ4v) is 2.67. The minimum absolute atomic E-state index is 0.559. The molecule has 4 heteroatoms. The lowest BCUT2D eigenvalue weighted by molar-refractivity contribution is 0.199. The van der Waals surface area contributed by atoms with Gasteiger partial charge in [0.15, 0.2) is 0 Å². The second-order valence-electron chi connectivity index (χ2n) is 5.41. The van der Waals surface area contributed by atoms with Crippen LogP contribution in [0.15, 0.2) is 6.20 Å². The third-order valence-corrected chi connectivity index (χ3v) is 3.96. The number of hydrogen-bond acceptors (Lipinski definition) is 3. The van der Waals surface area contributed by atoms with E-state index in [2.05, 4.69) is 35.1 Å². The molecule has 0 bridgehead atoms. The van der Waals surface area contributed by atoms with Crippen LogP contribution >= 0.6 is 0 Å². The zero-order valence-electron chi connectivity index (χ0n) is 12.5. The van der Waals surface area contributed by atoms with E-state index in [9.17, 15) is 0 Å². The van der Waals surface area contributed by atoms with Crippen molar-refractivity contribution in [2.24, 2.45) is 0 Å². The Kier molecular flexibility index (Phi) is 5.40. The van der Waals surface area contributed by atoms with E-state index in [1.807, 2.05) is 0 Å². The van der Waals surface area contributed by atoms with Crippen LogP contribution in [0.1, 0.15) is 62.7 Å². The summed E-state index contributed by atoms with van der Waals surface area (Å²) in [7, 11) is 1.74. The van der Waals surface area contributed by atoms with Gasteiger partial charge < -0.3 is 10.1 Å². The van der Waals surface area contributed by atoms with Gasteiger partial charge in [-0.3, -0.25) is 4.68 Å². The monoisotopic (exact) mass is 265 g/mol. The second-order valence-corrected chi connectivity index (χ2v) is 5.41. The molecule has 0 atom stereocenters. The van der Waals surface area contributed by atoms with Crippen LogP contribution in [-0.2, 0) is 11.3 Å². The Labute approximate surface area is 116 Å². The number of nitrogens with one attached hydrogen (secondary N) is 1. The topological polar surface area (TPSA) is 39.1 Å². The van der Waals surface area contributed by atoms with E-state index in [-0.39, 0.29) is 0 Å². The third kappa shape index (κ3) is 3.57. The largest absolute Gasteiger partial charge is 0.383 e. The molecule has 1 saturated carbocycles. The van der Waals surface area contributed by atoms with Gasteiger partial charge in [0.25, 0.3) is 0 Å². The minimum atomic E-state index is 0.559. The first-order chi connectivity index (χ1) is 9.31. The Morgan fingerprint density at radius 1 is 1.42 bits per heavy atom. The minimum Gasteiger partial charge on any atom is -0.383 e. The molecule has 1 N–H and O–H groups in total. The molecule has 0 radical (unpaired) electrons. The van der Waals surface area contributed by atoms with Gasteiger partial charge in [0.2, 0.25) is 0 Å². The molecule has 1 aromatic rings. The summed E-state index contributed by atoms with van der Waals surface area (Å²) in [5, 5.41) is 8.10. The molecule has 1 aromatic heterocycles. The first-order valence-electron chi connectivity index (χ1n) is 7.57. The second kappa shape index (κ2) is 7.06. The summed E-state index contributed by atoms with van der Waals surface area (Å²) in [5.41, 5.74) is 2.86. The van der Waals surface area contributed by atoms with Crippen molar-refractivity contribution >= 4 is 0 Å². The van der Waals surface area contributed by atoms with Gasteiger partial charge in [-0.2, -0.15) is 5.10 Å². The summed E-state index contributed by atoms with van der Waals surface area (Å²) in [6.07, 6.45) is 7.04. The van der Waals surface area contributed by atoms with E-state index in [1.165, 1.54) is 24.1 Å². The summed E-state index contributed by atoms with van der Waals surface area (Å²) < 4.78 is 7.36. The fourth-order valence-electron chi connectivity index (χ4n) is 2.67. The number of ether oxygens (including phenoxy) is 1. The zero-order valence-corrected chi connectivity index (χ0v) is 12.5. The maximum Gasteiger partial charge on any atom is 0.0587 e. The highest BCUT2D eigenvalue weighted by Crippen LogP contribution is 2.43. The lowest BCUT2D eigenvalue weighted by atomic mass is 10.1. The highest BCUT2D eigenvalue weighted by atomic mass is 16.5. The van der Waals surface area contributed by atoms with Gasteiger partial charge in [0.05, 0.1) is 18.8 Å². The molecule has 0 aromatic carbocycles. The molecule has 0 amide bonds. The van der Waals surface area contributed by atoms with Crippen LogP contribution in [0, 0.1) is 0 Å². The Morgan fingerprint density at radius 3 is 2.74 bits per heavy atom. The van der Waals surface area contributed by atoms with Crippen LogP contribution in [0.2, 0.25) is 0 Å². The van der Waals surface area contributed by atoms with Crippen molar-refractivity contribution in [1.29, 1.82) is 0 Å². The summed E-state index contributed by atoms with van der Waals surface area (Å²) in [5.74, 6) is 0.752. The van der Waals surface area contributed by atoms with Crippen molar-refractivity contribution in [1.82, 2.24) is 15.1 Å². The number of nitrogens with zero attached hydrogens (tertiary/aromatic N) is 2. The molecule has 1 aliphatic rings. The number of methoxy groups -OCH3 is 1. The normalized spacial score (nSPS) is 15.4. The van der Waals surface area contributed by atoms with E-state index in [0.717, 1.165) is 38.5 Å². The summed E-state index contributed by atoms with van der Waals surface area (Å²) in [4.78, 5) is 0. The zero-order chi connectivity index (χ0) is 13.7. The SMILES string of the molecule is CCC(CC)n1ncc(CNCCOC)c1C1CC1. The van der Waals surface area contributed by atoms with Gasteiger partial charge in [0.1, 0.15) is 0 Å². The molecule has 108 valence electrons. The third-order valence-electron chi connectivity index (χ3n) is 3.96. The summed E-state index contributed by atoms with van der Waals surface area (Å²) in [6.45, 7) is 7.08. The van der Waals surface area contributed by atoms with Gasteiger partial charge in [0, 0.05) is 37.4 Å². The average molecular weight is 265 g/mol. The van der Waals surface area contributed by atoms with Crippen molar-refractivity contribution in [3.05, 3.63) is 17.5 Å². The Morgan fingerprint density at radius 2 is 2.16 bits per heavy atom. The molecule has 1 heterocycles. The van der Waals surface area contributed by atoms with Crippen LogP contribution in [-0.4, -0.2) is 30.0 Å². The van der Waals surface area contributed by atoms with Gasteiger partial charge in [-0.1, -0.05) is 13.8 Å². The van der Waals surface area contributed by atoms with Gasteiger partial charge in [-0.05, 0) is 25.7 Å². The molecule has 0 saturated heterocycles. The van der Waals surface area contributed by atoms with Crippen molar-refractivity contribution in [2.45, 2.75) is 58.0 Å². The lowest BCUT2D eigenvalue weighted by Crippen LogP contribution is -2.19. The quantitative estimate of drug-likeness (QED) is 0.698. The van der Waals surface area contributed by atoms with E-state index >= 15 is 0 Å². The van der Waals surface area contributed by atoms with E-state index in [1.54, 1.807) is 7.11 Å². The van der Waals surface area contributed by atoms with Crippen molar-refractivity contribution in [2.75, 3.05) is 20.3 Å². The Hall–Kier alpha value is -0.870. The van der Waals surface area contributed by atoms with Crippen molar-refractivity contribution in [3.8, 4) is 0 Å². The van der Waals surface area contributed by atoms with Crippen LogP contribution in [0.3, 0.4) is 0 Å². The molecule has 0 aliphatic heterocycles. The van der Waals surface area contributed by atoms with Crippen LogP contribution in [0.4, 0.5) is 0 Å². The van der Waals surface area contributed by atoms with E-state index < -0.39 is 0 Å². The average Bonchev–Trinajstić information content (AvgIpc) is 3.18. The number of rotatable bonds is 9. The van der Waals surface area contributed by atoms with Gasteiger partial charge >= 0.3 is 0 Å². The molecule has 1 aliphatic carbocycles. The number of hydrogen-bond donors (Lipinski definition) is 1. The molecule has 2 rings (SSSR count). The van der Waals surface area contributed by atoms with E-state index in [4.69, 9.17) is 4.74 Å². The lowest BCUT2D eigenvalue weighted by Gasteiger charge is -2.17. The molecule has 19 heavy (non-hydrogen) atoms. The van der Waals surface area contributed by atoms with Crippen molar-refractivity contribution < 1.29 is 4.74 Å². The highest BCUT2D eigenvalue weighted by molar-refractivity contribution is 5.26. The van der Waals surface area contributed by atoms with Crippen LogP contribution in [0.25, 0.3) is 0 Å². The maximum atomic E-state index is 5.06. The fraction of sp³-hybridized carbons (Fsp3) is 0.800. The summed E-state index contributed by atoms with van der Waals surface area (Å²) in [6, 6.07) is 0.559. The Bertz CT molecular complexity index is 381. The molecule has 0 spiro atoms. The van der Waals surface area contributed by atoms with E-state index in [0.29, 0.717) is 6.04 Å². The first-order valence-corrected chi connectivity index (χ1v) is 7.57. The van der Waals surface area contributed by atoms with Crippen molar-refractivity contribution in [3.63, 3.8) is 0 Å². The predicted octanol–water partition coefficient (Wildman–Crippen LogP) is 2.86. The molecular weight excluding hydrogens is 238 g/mol. The van der Waals surface area contributed by atoms with Gasteiger partial charge in [-0.15, -0.1) is 0 Å². The molecular formula is C15H27N3O. The number of aromatic nitrogens is 2. The Balaban J connectivity index is 2.06. The molecule has 0 unspecified atom stereocenters. The van der Waals surface area contributed by atoms with Crippen LogP contribution in [0.5, 0.6) is 0 Å². The van der Waals surface area contributed by atoms with Crippen LogP contribution < -0.4 is 5.32 Å². The smallest absolute Gasteiger partial charge is 0.0587 e. The van der Waals surface area contributed by atoms with Gasteiger partial charge in [-0.25, -0.2) is 0 Å². The first kappa shape index (κ1) is 14.5. The summed E-state index contributed by atoms with van der Waals surface area (Å²) >= 11 is 0. The maximum absolute atomic E-state index is 5.06. The highest BCUT2D eigenvalue weighted by Gasteiger charge is 2.31. The molecule has 1 fully saturated rings. The predicted molar refractivity (Wildman–Crippen MR) is 77.4 cm³/mol. The standard InChI is InChI=1S/C15H27N3O/c1-4-14(5-2)18-15(12-6-7-12)13(11-17-18)10-16-8-9-19-3/h11-12,14,16H,4-10H2,1-3H3. The molecule has 4 nitrogen and oxygen atoms in total.